The van der Waals surface area contributed by atoms with E-state index < -0.39 is 0 Å². The number of nitrogens with one attached hydrogen (secondary N) is 1. The summed E-state index contributed by atoms with van der Waals surface area (Å²) >= 11 is 0. The molecule has 1 saturated heterocycles. The fraction of sp³-hybridized carbons (Fsp3) is 0.579. The number of carbonyl (C=O) groups excluding carboxylic acids is 2. The molecule has 0 aliphatic carbocycles. The second kappa shape index (κ2) is 8.37. The highest BCUT2D eigenvalue weighted by Gasteiger charge is 2.29. The zero-order chi connectivity index (χ0) is 19.4. The fourth-order valence-corrected chi connectivity index (χ4v) is 3.41. The smallest absolute Gasteiger partial charge is 0.319 e. The molecule has 0 spiro atoms. The number of carbonyl (C=O) groups is 2. The first-order valence-electron chi connectivity index (χ1n) is 9.20. The van der Waals surface area contributed by atoms with Crippen LogP contribution in [0.5, 0.6) is 17.2 Å². The number of likely N-dealkylation sites (tertiary alicyclic amines) is 1. The first kappa shape index (κ1) is 19.1. The molecule has 1 aromatic rings. The van der Waals surface area contributed by atoms with Gasteiger partial charge in [-0.1, -0.05) is 0 Å². The van der Waals surface area contributed by atoms with Gasteiger partial charge in [0.2, 0.25) is 5.91 Å². The summed E-state index contributed by atoms with van der Waals surface area (Å²) in [6, 6.07) is 3.57. The van der Waals surface area contributed by atoms with Crippen LogP contribution in [0.3, 0.4) is 0 Å². The Balaban J connectivity index is 1.62. The molecule has 2 heterocycles. The monoisotopic (exact) mass is 377 g/mol. The van der Waals surface area contributed by atoms with Gasteiger partial charge >= 0.3 is 6.03 Å². The maximum absolute atomic E-state index is 12.6. The van der Waals surface area contributed by atoms with Crippen LogP contribution in [0.1, 0.15) is 18.4 Å². The molecule has 0 saturated carbocycles. The van der Waals surface area contributed by atoms with Gasteiger partial charge < -0.3 is 29.3 Å². The number of ether oxygens (including phenoxy) is 3. The zero-order valence-electron chi connectivity index (χ0n) is 16.1. The topological polar surface area (TPSA) is 80.3 Å². The molecule has 1 atom stereocenters. The summed E-state index contributed by atoms with van der Waals surface area (Å²) in [5.41, 5.74) is 0.826. The minimum Gasteiger partial charge on any atom is -0.496 e. The van der Waals surface area contributed by atoms with Crippen molar-refractivity contribution in [2.45, 2.75) is 19.4 Å². The maximum atomic E-state index is 12.6. The number of piperidine rings is 1. The van der Waals surface area contributed by atoms with Gasteiger partial charge in [-0.3, -0.25) is 4.79 Å². The Kier molecular flexibility index (Phi) is 5.93. The molecule has 1 unspecified atom stereocenters. The Labute approximate surface area is 159 Å². The molecular weight excluding hydrogens is 350 g/mol. The van der Waals surface area contributed by atoms with Crippen LogP contribution in [0.25, 0.3) is 0 Å². The van der Waals surface area contributed by atoms with E-state index in [-0.39, 0.29) is 17.9 Å². The Morgan fingerprint density at radius 3 is 2.63 bits per heavy atom. The van der Waals surface area contributed by atoms with E-state index in [9.17, 15) is 9.59 Å². The highest BCUT2D eigenvalue weighted by Crippen LogP contribution is 2.36. The first-order chi connectivity index (χ1) is 13.0. The summed E-state index contributed by atoms with van der Waals surface area (Å²) < 4.78 is 16.6. The maximum Gasteiger partial charge on any atom is 0.319 e. The van der Waals surface area contributed by atoms with Crippen LogP contribution in [-0.4, -0.2) is 69.2 Å². The lowest BCUT2D eigenvalue weighted by Gasteiger charge is -2.33. The molecule has 0 bridgehead atoms. The van der Waals surface area contributed by atoms with Crippen LogP contribution in [0, 0.1) is 5.92 Å². The van der Waals surface area contributed by atoms with Gasteiger partial charge in [-0.25, -0.2) is 4.79 Å². The van der Waals surface area contributed by atoms with Crippen LogP contribution >= 0.6 is 0 Å². The van der Waals surface area contributed by atoms with E-state index in [1.54, 1.807) is 37.1 Å². The van der Waals surface area contributed by atoms with Crippen molar-refractivity contribution in [3.63, 3.8) is 0 Å². The third-order valence-electron chi connectivity index (χ3n) is 4.84. The van der Waals surface area contributed by atoms with E-state index in [1.807, 2.05) is 6.07 Å². The van der Waals surface area contributed by atoms with Crippen LogP contribution < -0.4 is 19.5 Å². The van der Waals surface area contributed by atoms with Crippen molar-refractivity contribution in [1.82, 2.24) is 15.1 Å². The highest BCUT2D eigenvalue weighted by molar-refractivity contribution is 5.80. The van der Waals surface area contributed by atoms with Gasteiger partial charge in [0.1, 0.15) is 19.0 Å². The number of fused-ring (bicyclic) bond motifs is 1. The highest BCUT2D eigenvalue weighted by atomic mass is 16.6. The van der Waals surface area contributed by atoms with Crippen LogP contribution in [-0.2, 0) is 11.3 Å². The van der Waals surface area contributed by atoms with Crippen LogP contribution in [0.4, 0.5) is 4.79 Å². The third kappa shape index (κ3) is 4.37. The minimum atomic E-state index is -0.203. The summed E-state index contributed by atoms with van der Waals surface area (Å²) in [7, 11) is 5.03. The lowest BCUT2D eigenvalue weighted by atomic mass is 9.97. The summed E-state index contributed by atoms with van der Waals surface area (Å²) in [5.74, 6) is 1.70. The molecule has 8 heteroatoms. The fourth-order valence-electron chi connectivity index (χ4n) is 3.41. The second-order valence-electron chi connectivity index (χ2n) is 6.99. The average molecular weight is 377 g/mol. The van der Waals surface area contributed by atoms with E-state index in [0.29, 0.717) is 50.1 Å². The number of hydrogen-bond donors (Lipinski definition) is 1. The lowest BCUT2D eigenvalue weighted by molar-refractivity contribution is -0.126. The van der Waals surface area contributed by atoms with Crippen molar-refractivity contribution in [3.8, 4) is 17.2 Å². The number of nitrogens with zero attached hydrogens (tertiary/aromatic N) is 2. The molecule has 148 valence electrons. The Morgan fingerprint density at radius 2 is 1.96 bits per heavy atom. The van der Waals surface area contributed by atoms with Gasteiger partial charge in [-0.05, 0) is 18.9 Å². The predicted molar refractivity (Wildman–Crippen MR) is 99.2 cm³/mol. The molecule has 3 rings (SSSR count). The Hall–Kier alpha value is -2.64. The molecule has 1 fully saturated rings. The van der Waals surface area contributed by atoms with E-state index in [4.69, 9.17) is 14.2 Å². The van der Waals surface area contributed by atoms with E-state index in [2.05, 4.69) is 5.32 Å². The molecule has 27 heavy (non-hydrogen) atoms. The molecule has 2 aliphatic rings. The second-order valence-corrected chi connectivity index (χ2v) is 6.99. The van der Waals surface area contributed by atoms with Gasteiger partial charge in [0.25, 0.3) is 0 Å². The molecule has 0 aromatic heterocycles. The zero-order valence-corrected chi connectivity index (χ0v) is 16.1. The summed E-state index contributed by atoms with van der Waals surface area (Å²) in [5, 5.41) is 2.97. The molecule has 0 radical (unpaired) electrons. The van der Waals surface area contributed by atoms with Crippen molar-refractivity contribution in [1.29, 1.82) is 0 Å². The largest absolute Gasteiger partial charge is 0.496 e. The lowest BCUT2D eigenvalue weighted by Crippen LogP contribution is -2.48. The average Bonchev–Trinajstić information content (AvgIpc) is 2.70. The number of benzene rings is 1. The predicted octanol–water partition coefficient (Wildman–Crippen LogP) is 1.48. The minimum absolute atomic E-state index is 0.0526. The van der Waals surface area contributed by atoms with E-state index in [1.165, 1.54) is 0 Å². The van der Waals surface area contributed by atoms with Gasteiger partial charge in [0.15, 0.2) is 11.5 Å². The van der Waals surface area contributed by atoms with E-state index in [0.717, 1.165) is 18.4 Å². The Morgan fingerprint density at radius 1 is 1.26 bits per heavy atom. The quantitative estimate of drug-likeness (QED) is 0.860. The van der Waals surface area contributed by atoms with Gasteiger partial charge in [0.05, 0.1) is 13.0 Å². The molecule has 2 aliphatic heterocycles. The molecule has 3 amide bonds. The molecule has 8 nitrogen and oxygen atoms in total. The van der Waals surface area contributed by atoms with Crippen LogP contribution in [0.2, 0.25) is 0 Å². The number of rotatable bonds is 4. The number of urea groups is 1. The number of methoxy groups -OCH3 is 1. The first-order valence-corrected chi connectivity index (χ1v) is 9.20. The molecule has 1 aromatic carbocycles. The van der Waals surface area contributed by atoms with Crippen molar-refractivity contribution in [2.24, 2.45) is 5.92 Å². The summed E-state index contributed by atoms with van der Waals surface area (Å²) in [4.78, 5) is 28.1. The summed E-state index contributed by atoms with van der Waals surface area (Å²) in [6.45, 7) is 2.48. The normalized spacial score (nSPS) is 18.6. The van der Waals surface area contributed by atoms with Crippen LogP contribution in [0.15, 0.2) is 12.1 Å². The standard InChI is InChI=1S/C19H27N3O5/c1-21(2)19(24)22-6-4-5-13(12-22)18(23)20-11-14-9-16-17(10-15(14)25-3)27-8-7-26-16/h9-10,13H,4-8,11-12H2,1-3H3,(H,20,23). The van der Waals surface area contributed by atoms with Crippen molar-refractivity contribution < 1.29 is 23.8 Å². The SMILES string of the molecule is COc1cc2c(cc1CNC(=O)C1CCCN(C(=O)N(C)C)C1)OCCO2. The molecular formula is C19H27N3O5. The van der Waals surface area contributed by atoms with Gasteiger partial charge in [-0.15, -0.1) is 0 Å². The van der Waals surface area contributed by atoms with Gasteiger partial charge in [-0.2, -0.15) is 0 Å². The van der Waals surface area contributed by atoms with Gasteiger partial charge in [0, 0.05) is 45.4 Å². The number of amides is 3. The van der Waals surface area contributed by atoms with Crippen molar-refractivity contribution >= 4 is 11.9 Å². The van der Waals surface area contributed by atoms with Crippen molar-refractivity contribution in [2.75, 3.05) is 47.5 Å². The summed E-state index contributed by atoms with van der Waals surface area (Å²) in [6.07, 6.45) is 1.60. The number of hydrogen-bond acceptors (Lipinski definition) is 5. The molecule has 1 N–H and O–H groups in total. The third-order valence-corrected chi connectivity index (χ3v) is 4.84. The van der Waals surface area contributed by atoms with Crippen molar-refractivity contribution in [3.05, 3.63) is 17.7 Å². The van der Waals surface area contributed by atoms with E-state index >= 15 is 0 Å². The Bertz CT molecular complexity index is 707.